The van der Waals surface area contributed by atoms with E-state index < -0.39 is 0 Å². The molecule has 2 fully saturated rings. The maximum Gasteiger partial charge on any atom is 0.234 e. The Kier molecular flexibility index (Phi) is 6.12. The molecule has 2 aliphatic carbocycles. The third-order valence-corrected chi connectivity index (χ3v) is 9.03. The molecule has 4 atom stereocenters. The summed E-state index contributed by atoms with van der Waals surface area (Å²) in [6.45, 7) is 6.38. The molecule has 2 saturated carbocycles. The van der Waals surface area contributed by atoms with E-state index in [1.165, 1.54) is 37.4 Å². The van der Waals surface area contributed by atoms with Crippen LogP contribution in [0, 0.1) is 31.6 Å². The molecule has 2 aliphatic rings. The summed E-state index contributed by atoms with van der Waals surface area (Å²) in [6, 6.07) is 10.6. The Balaban J connectivity index is 1.35. The Bertz CT molecular complexity index is 1110. The number of carbonyl (C=O) groups excluding carboxylic acids is 1. The number of aromatic nitrogens is 3. The van der Waals surface area contributed by atoms with Crippen molar-refractivity contribution in [2.75, 3.05) is 11.1 Å². The van der Waals surface area contributed by atoms with Crippen molar-refractivity contribution < 1.29 is 4.79 Å². The summed E-state index contributed by atoms with van der Waals surface area (Å²) in [5.74, 6) is 3.63. The summed E-state index contributed by atoms with van der Waals surface area (Å²) >= 11 is 3.19. The van der Waals surface area contributed by atoms with E-state index in [1.54, 1.807) is 11.3 Å². The molecule has 2 aromatic heterocycles. The number of hydrogen-bond acceptors (Lipinski definition) is 5. The van der Waals surface area contributed by atoms with Crippen LogP contribution in [0.4, 0.5) is 5.69 Å². The first-order valence-corrected chi connectivity index (χ1v) is 13.3. The van der Waals surface area contributed by atoms with E-state index in [0.717, 1.165) is 44.5 Å². The molecule has 168 valence electrons. The number of thioether (sulfide) groups is 1. The average Bonchev–Trinajstić information content (AvgIpc) is 3.57. The summed E-state index contributed by atoms with van der Waals surface area (Å²) in [6.07, 6.45) is 5.45. The number of rotatable bonds is 7. The summed E-state index contributed by atoms with van der Waals surface area (Å²) in [4.78, 5) is 13.9. The third kappa shape index (κ3) is 4.25. The molecule has 2 heterocycles. The van der Waals surface area contributed by atoms with Gasteiger partial charge in [-0.2, -0.15) is 0 Å². The zero-order chi connectivity index (χ0) is 22.2. The molecule has 32 heavy (non-hydrogen) atoms. The van der Waals surface area contributed by atoms with Crippen LogP contribution >= 0.6 is 23.1 Å². The number of carbonyl (C=O) groups is 1. The Morgan fingerprint density at radius 2 is 2.12 bits per heavy atom. The summed E-state index contributed by atoms with van der Waals surface area (Å²) in [5.41, 5.74) is 3.09. The SMILES string of the molecule is Cc1ccc(C)c(NC(=O)CSc2nnc(-c3cccs3)n2[C@H](C)[C@@H]2C[C@H]3CC[C@H]2C3)c1. The second kappa shape index (κ2) is 9.02. The fraction of sp³-hybridized carbons (Fsp3) is 0.480. The lowest BCUT2D eigenvalue weighted by atomic mass is 9.84. The van der Waals surface area contributed by atoms with Crippen molar-refractivity contribution in [3.05, 3.63) is 46.8 Å². The van der Waals surface area contributed by atoms with Crippen LogP contribution in [0.1, 0.15) is 49.8 Å². The van der Waals surface area contributed by atoms with Crippen molar-refractivity contribution in [2.24, 2.45) is 17.8 Å². The number of hydrogen-bond donors (Lipinski definition) is 1. The van der Waals surface area contributed by atoms with Crippen LogP contribution in [0.25, 0.3) is 10.7 Å². The van der Waals surface area contributed by atoms with Crippen molar-refractivity contribution in [1.82, 2.24) is 14.8 Å². The monoisotopic (exact) mass is 466 g/mol. The predicted octanol–water partition coefficient (Wildman–Crippen LogP) is 6.35. The van der Waals surface area contributed by atoms with Gasteiger partial charge in [0.1, 0.15) is 0 Å². The number of benzene rings is 1. The highest BCUT2D eigenvalue weighted by atomic mass is 32.2. The van der Waals surface area contributed by atoms with Gasteiger partial charge < -0.3 is 5.32 Å². The molecule has 0 saturated heterocycles. The van der Waals surface area contributed by atoms with Gasteiger partial charge in [0.25, 0.3) is 0 Å². The van der Waals surface area contributed by atoms with Crippen LogP contribution in [0.15, 0.2) is 40.9 Å². The van der Waals surface area contributed by atoms with Crippen LogP contribution in [-0.2, 0) is 4.79 Å². The van der Waals surface area contributed by atoms with E-state index in [2.05, 4.69) is 50.6 Å². The number of amides is 1. The standard InChI is InChI=1S/C25H30N4OS2/c1-15-6-7-16(2)21(11-15)26-23(30)14-32-25-28-27-24(22-5-4-10-31-22)29(25)17(3)20-13-18-8-9-19(20)12-18/h4-7,10-11,17-20H,8-9,12-14H2,1-3H3,(H,26,30)/t17-,18+,19+,20+/m1/s1. The van der Waals surface area contributed by atoms with Crippen molar-refractivity contribution in [1.29, 1.82) is 0 Å². The highest BCUT2D eigenvalue weighted by Gasteiger charge is 2.43. The second-order valence-corrected chi connectivity index (χ2v) is 11.3. The minimum Gasteiger partial charge on any atom is -0.325 e. The molecular weight excluding hydrogens is 436 g/mol. The van der Waals surface area contributed by atoms with Gasteiger partial charge >= 0.3 is 0 Å². The number of anilines is 1. The lowest BCUT2D eigenvalue weighted by molar-refractivity contribution is -0.113. The molecule has 0 radical (unpaired) electrons. The largest absolute Gasteiger partial charge is 0.325 e. The van der Waals surface area contributed by atoms with Gasteiger partial charge in [-0.25, -0.2) is 0 Å². The van der Waals surface area contributed by atoms with Gasteiger partial charge in [0.05, 0.1) is 10.6 Å². The quantitative estimate of drug-likeness (QED) is 0.412. The van der Waals surface area contributed by atoms with Crippen LogP contribution < -0.4 is 5.32 Å². The number of nitrogens with one attached hydrogen (secondary N) is 1. The minimum absolute atomic E-state index is 0.0106. The zero-order valence-corrected chi connectivity index (χ0v) is 20.5. The zero-order valence-electron chi connectivity index (χ0n) is 18.9. The van der Waals surface area contributed by atoms with E-state index in [0.29, 0.717) is 17.7 Å². The molecule has 1 amide bonds. The van der Waals surface area contributed by atoms with Gasteiger partial charge in [0, 0.05) is 11.7 Å². The average molecular weight is 467 g/mol. The van der Waals surface area contributed by atoms with Crippen LogP contribution in [0.3, 0.4) is 0 Å². The third-order valence-electron chi connectivity index (χ3n) is 7.23. The van der Waals surface area contributed by atoms with Gasteiger partial charge in [0.2, 0.25) is 5.91 Å². The molecule has 1 N–H and O–H groups in total. The predicted molar refractivity (Wildman–Crippen MR) is 132 cm³/mol. The van der Waals surface area contributed by atoms with E-state index in [9.17, 15) is 4.79 Å². The van der Waals surface area contributed by atoms with Gasteiger partial charge in [-0.05, 0) is 86.4 Å². The number of thiophene rings is 1. The molecule has 3 aromatic rings. The number of nitrogens with zero attached hydrogens (tertiary/aromatic N) is 3. The van der Waals surface area contributed by atoms with Gasteiger partial charge in [-0.1, -0.05) is 36.4 Å². The maximum atomic E-state index is 12.7. The molecule has 0 spiro atoms. The summed E-state index contributed by atoms with van der Waals surface area (Å²) in [5, 5.41) is 15.1. The molecule has 0 unspecified atom stereocenters. The van der Waals surface area contributed by atoms with Crippen LogP contribution in [0.5, 0.6) is 0 Å². The normalized spacial score (nSPS) is 22.9. The molecular formula is C25H30N4OS2. The number of aryl methyl sites for hydroxylation is 2. The van der Waals surface area contributed by atoms with E-state index in [4.69, 9.17) is 0 Å². The minimum atomic E-state index is -0.0106. The van der Waals surface area contributed by atoms with Crippen LogP contribution in [-0.4, -0.2) is 26.4 Å². The van der Waals surface area contributed by atoms with E-state index in [-0.39, 0.29) is 5.91 Å². The maximum absolute atomic E-state index is 12.7. The van der Waals surface area contributed by atoms with E-state index >= 15 is 0 Å². The van der Waals surface area contributed by atoms with Crippen molar-refractivity contribution in [3.63, 3.8) is 0 Å². The lowest BCUT2D eigenvalue weighted by Gasteiger charge is -2.30. The Labute approximate surface area is 198 Å². The first-order chi connectivity index (χ1) is 15.5. The smallest absolute Gasteiger partial charge is 0.234 e. The fourth-order valence-electron chi connectivity index (χ4n) is 5.58. The van der Waals surface area contributed by atoms with Crippen molar-refractivity contribution in [3.8, 4) is 10.7 Å². The molecule has 5 rings (SSSR count). The Hall–Kier alpha value is -2.12. The van der Waals surface area contributed by atoms with Crippen molar-refractivity contribution in [2.45, 2.75) is 57.7 Å². The first kappa shape index (κ1) is 21.7. The van der Waals surface area contributed by atoms with Crippen LogP contribution in [0.2, 0.25) is 0 Å². The molecule has 2 bridgehead atoms. The Morgan fingerprint density at radius 1 is 1.25 bits per heavy atom. The summed E-state index contributed by atoms with van der Waals surface area (Å²) in [7, 11) is 0. The lowest BCUT2D eigenvalue weighted by Crippen LogP contribution is -2.23. The van der Waals surface area contributed by atoms with Crippen molar-refractivity contribution >= 4 is 34.7 Å². The molecule has 1 aromatic carbocycles. The number of fused-ring (bicyclic) bond motifs is 2. The highest BCUT2D eigenvalue weighted by molar-refractivity contribution is 7.99. The topological polar surface area (TPSA) is 59.8 Å². The molecule has 5 nitrogen and oxygen atoms in total. The fourth-order valence-corrected chi connectivity index (χ4v) is 7.11. The summed E-state index contributed by atoms with van der Waals surface area (Å²) < 4.78 is 2.31. The highest BCUT2D eigenvalue weighted by Crippen LogP contribution is 2.53. The van der Waals surface area contributed by atoms with E-state index in [1.807, 2.05) is 26.0 Å². The van der Waals surface area contributed by atoms with Gasteiger partial charge in [-0.15, -0.1) is 21.5 Å². The molecule has 7 heteroatoms. The second-order valence-electron chi connectivity index (χ2n) is 9.39. The van der Waals surface area contributed by atoms with Gasteiger partial charge in [0.15, 0.2) is 11.0 Å². The molecule has 0 aliphatic heterocycles. The first-order valence-electron chi connectivity index (χ1n) is 11.5. The Morgan fingerprint density at radius 3 is 2.84 bits per heavy atom. The van der Waals surface area contributed by atoms with Gasteiger partial charge in [-0.3, -0.25) is 9.36 Å².